The number of hydrogen-bond acceptors (Lipinski definition) is 2. The minimum absolute atomic E-state index is 0.177. The minimum Gasteiger partial charge on any atom is -0.309 e. The Morgan fingerprint density at radius 1 is 0.660 bits per heavy atom. The van der Waals surface area contributed by atoms with Gasteiger partial charge in [0.2, 0.25) is 0 Å². The van der Waals surface area contributed by atoms with E-state index < -0.39 is 0 Å². The van der Waals surface area contributed by atoms with Crippen LogP contribution in [0.4, 0.5) is 0 Å². The van der Waals surface area contributed by atoms with E-state index in [2.05, 4.69) is 135 Å². The molecule has 1 aliphatic carbocycles. The van der Waals surface area contributed by atoms with E-state index in [1.807, 2.05) is 42.5 Å². The van der Waals surface area contributed by atoms with Gasteiger partial charge < -0.3 is 4.57 Å². The highest BCUT2D eigenvalue weighted by Gasteiger charge is 2.38. The molecule has 0 aliphatic heterocycles. The summed E-state index contributed by atoms with van der Waals surface area (Å²) in [7, 11) is 0. The van der Waals surface area contributed by atoms with E-state index in [1.54, 1.807) is 0 Å². The second-order valence-electron chi connectivity index (χ2n) is 12.7. The van der Waals surface area contributed by atoms with Crippen LogP contribution in [0, 0.1) is 0 Å². The number of nitrogens with zero attached hydrogens (tertiary/aromatic N) is 3. The lowest BCUT2D eigenvalue weighted by Gasteiger charge is -2.25. The molecule has 0 spiro atoms. The Morgan fingerprint density at radius 2 is 1.28 bits per heavy atom. The Balaban J connectivity index is 1.30. The van der Waals surface area contributed by atoms with Crippen LogP contribution in [0.3, 0.4) is 0 Å². The maximum Gasteiger partial charge on any atom is 0.160 e. The predicted molar refractivity (Wildman–Crippen MR) is 198 cm³/mol. The van der Waals surface area contributed by atoms with Crippen LogP contribution in [-0.4, -0.2) is 14.5 Å². The second-order valence-corrected chi connectivity index (χ2v) is 12.7. The number of allylic oxidation sites excluding steroid dienone is 5. The molecule has 1 aliphatic rings. The van der Waals surface area contributed by atoms with E-state index in [-0.39, 0.29) is 5.41 Å². The molecule has 2 aromatic heterocycles. The largest absolute Gasteiger partial charge is 0.309 e. The van der Waals surface area contributed by atoms with E-state index in [0.29, 0.717) is 5.82 Å². The maximum atomic E-state index is 5.06. The summed E-state index contributed by atoms with van der Waals surface area (Å²) < 4.78 is 2.44. The first-order chi connectivity index (χ1) is 23.0. The lowest BCUT2D eigenvalue weighted by Crippen LogP contribution is -2.17. The van der Waals surface area contributed by atoms with Gasteiger partial charge in [0.15, 0.2) is 5.82 Å². The molecule has 3 nitrogen and oxygen atoms in total. The average molecular weight is 606 g/mol. The van der Waals surface area contributed by atoms with Gasteiger partial charge in [-0.15, -0.1) is 0 Å². The molecule has 0 radical (unpaired) electrons. The molecule has 0 N–H and O–H groups in total. The maximum absolute atomic E-state index is 5.06. The zero-order chi connectivity index (χ0) is 32.1. The first-order valence-corrected chi connectivity index (χ1v) is 16.1. The van der Waals surface area contributed by atoms with Crippen molar-refractivity contribution in [2.45, 2.75) is 26.2 Å². The van der Waals surface area contributed by atoms with Crippen molar-refractivity contribution < 1.29 is 0 Å². The highest BCUT2D eigenvalue weighted by molar-refractivity contribution is 6.12. The topological polar surface area (TPSA) is 30.7 Å². The van der Waals surface area contributed by atoms with Gasteiger partial charge in [-0.3, -0.25) is 0 Å². The Bertz CT molecular complexity index is 2310. The summed E-state index contributed by atoms with van der Waals surface area (Å²) in [5.74, 6) is 0.708. The fourth-order valence-corrected chi connectivity index (χ4v) is 7.37. The first-order valence-electron chi connectivity index (χ1n) is 16.1. The van der Waals surface area contributed by atoms with Crippen molar-refractivity contribution in [2.24, 2.45) is 0 Å². The monoisotopic (exact) mass is 605 g/mol. The second kappa shape index (κ2) is 11.2. The third kappa shape index (κ3) is 4.66. The van der Waals surface area contributed by atoms with Crippen LogP contribution in [0.1, 0.15) is 31.9 Å². The number of aromatic nitrogens is 3. The van der Waals surface area contributed by atoms with Gasteiger partial charge in [0.25, 0.3) is 0 Å². The lowest BCUT2D eigenvalue weighted by atomic mass is 9.80. The van der Waals surface area contributed by atoms with Crippen LogP contribution in [-0.2, 0) is 5.41 Å². The first kappa shape index (κ1) is 28.7. The molecule has 0 amide bonds. The molecule has 5 aromatic carbocycles. The molecule has 0 atom stereocenters. The zero-order valence-corrected chi connectivity index (χ0v) is 26.9. The number of para-hydroxylation sites is 1. The predicted octanol–water partition coefficient (Wildman–Crippen LogP) is 11.4. The molecule has 0 saturated heterocycles. The third-order valence-electron chi connectivity index (χ3n) is 9.59. The highest BCUT2D eigenvalue weighted by atomic mass is 15.0. The van der Waals surface area contributed by atoms with E-state index in [4.69, 9.17) is 9.97 Å². The summed E-state index contributed by atoms with van der Waals surface area (Å²) in [5.41, 5.74) is 13.6. The van der Waals surface area contributed by atoms with Gasteiger partial charge in [-0.1, -0.05) is 130 Å². The fraction of sp³-hybridized carbons (Fsp3) is 0.0909. The molecular formula is C44H35N3. The Labute approximate surface area is 275 Å². The summed E-state index contributed by atoms with van der Waals surface area (Å²) in [4.78, 5) is 10.1. The number of hydrogen-bond donors (Lipinski definition) is 0. The summed E-state index contributed by atoms with van der Waals surface area (Å²) >= 11 is 0. The standard InChI is InChI=1S/C44H35N3/c1-5-6-20-37-29(2)34-26-27-36-35-19-13-14-21-40(35)47(42(36)41(34)44(37,3)4)33-24-22-32(23-25-33)43-45-38(30-15-9-7-10-16-30)28-39(46-43)31-17-11-8-12-18-31/h5-28H,1H2,2-4H3/b20-6-. The summed E-state index contributed by atoms with van der Waals surface area (Å²) in [6.45, 7) is 10.9. The van der Waals surface area contributed by atoms with Gasteiger partial charge in [-0.05, 0) is 65.6 Å². The van der Waals surface area contributed by atoms with Gasteiger partial charge in [0.05, 0.1) is 22.4 Å². The van der Waals surface area contributed by atoms with Crippen molar-refractivity contribution in [2.75, 3.05) is 0 Å². The smallest absolute Gasteiger partial charge is 0.160 e. The van der Waals surface area contributed by atoms with E-state index in [0.717, 1.165) is 33.8 Å². The molecule has 2 heterocycles. The van der Waals surface area contributed by atoms with Crippen molar-refractivity contribution in [3.8, 4) is 39.6 Å². The Hall–Kier alpha value is -5.80. The molecule has 3 heteroatoms. The van der Waals surface area contributed by atoms with Gasteiger partial charge in [-0.2, -0.15) is 0 Å². The fourth-order valence-electron chi connectivity index (χ4n) is 7.37. The molecule has 47 heavy (non-hydrogen) atoms. The normalized spacial score (nSPS) is 13.9. The molecule has 226 valence electrons. The number of benzene rings is 5. The van der Waals surface area contributed by atoms with Crippen LogP contribution >= 0.6 is 0 Å². The highest BCUT2D eigenvalue weighted by Crippen LogP contribution is 2.51. The minimum atomic E-state index is -0.177. The molecule has 0 unspecified atom stereocenters. The number of fused-ring (bicyclic) bond motifs is 5. The van der Waals surface area contributed by atoms with Gasteiger partial charge >= 0.3 is 0 Å². The zero-order valence-electron chi connectivity index (χ0n) is 26.9. The van der Waals surface area contributed by atoms with Gasteiger partial charge in [0, 0.05) is 38.6 Å². The van der Waals surface area contributed by atoms with Crippen LogP contribution in [0.2, 0.25) is 0 Å². The van der Waals surface area contributed by atoms with Crippen molar-refractivity contribution in [3.63, 3.8) is 0 Å². The van der Waals surface area contributed by atoms with Crippen molar-refractivity contribution >= 4 is 27.4 Å². The van der Waals surface area contributed by atoms with Crippen molar-refractivity contribution in [3.05, 3.63) is 169 Å². The molecule has 0 fully saturated rings. The molecule has 0 saturated carbocycles. The van der Waals surface area contributed by atoms with Crippen LogP contribution in [0.15, 0.2) is 158 Å². The Morgan fingerprint density at radius 3 is 1.91 bits per heavy atom. The number of rotatable bonds is 6. The van der Waals surface area contributed by atoms with Crippen LogP contribution < -0.4 is 0 Å². The SMILES string of the molecule is C=C/C=C\C1=C(C)c2ccc3c4ccccc4n(-c4ccc(-c5nc(-c6ccccc6)cc(-c6ccccc6)n5)cc4)c3c2C1(C)C. The molecular weight excluding hydrogens is 571 g/mol. The van der Waals surface area contributed by atoms with Gasteiger partial charge in [0.1, 0.15) is 0 Å². The third-order valence-corrected chi connectivity index (χ3v) is 9.59. The van der Waals surface area contributed by atoms with Crippen molar-refractivity contribution in [1.29, 1.82) is 0 Å². The summed E-state index contributed by atoms with van der Waals surface area (Å²) in [6.07, 6.45) is 6.13. The molecule has 0 bridgehead atoms. The van der Waals surface area contributed by atoms with Crippen LogP contribution in [0.5, 0.6) is 0 Å². The summed E-state index contributed by atoms with van der Waals surface area (Å²) in [6, 6.07) is 44.8. The van der Waals surface area contributed by atoms with Gasteiger partial charge in [-0.25, -0.2) is 9.97 Å². The van der Waals surface area contributed by atoms with Crippen molar-refractivity contribution in [1.82, 2.24) is 14.5 Å². The molecule has 7 aromatic rings. The Kier molecular flexibility index (Phi) is 6.84. The van der Waals surface area contributed by atoms with E-state index in [1.165, 1.54) is 44.1 Å². The summed E-state index contributed by atoms with van der Waals surface area (Å²) in [5, 5.41) is 2.52. The average Bonchev–Trinajstić information content (AvgIpc) is 3.55. The quantitative estimate of drug-likeness (QED) is 0.177. The van der Waals surface area contributed by atoms with E-state index >= 15 is 0 Å². The van der Waals surface area contributed by atoms with E-state index in [9.17, 15) is 0 Å². The molecule has 8 rings (SSSR count). The lowest BCUT2D eigenvalue weighted by molar-refractivity contribution is 0.657. The van der Waals surface area contributed by atoms with Crippen LogP contribution in [0.25, 0.3) is 67.0 Å².